The molecule has 0 bridgehead atoms. The maximum absolute atomic E-state index is 10.8. The summed E-state index contributed by atoms with van der Waals surface area (Å²) in [5, 5.41) is 11.7. The molecule has 1 heterocycles. The van der Waals surface area contributed by atoms with Crippen LogP contribution in [0.4, 0.5) is 5.82 Å². The van der Waals surface area contributed by atoms with Crippen molar-refractivity contribution in [3.8, 4) is 0 Å². The van der Waals surface area contributed by atoms with Crippen LogP contribution in [-0.2, 0) is 6.42 Å². The van der Waals surface area contributed by atoms with E-state index in [9.17, 15) is 4.79 Å². The van der Waals surface area contributed by atoms with Gasteiger partial charge in [-0.3, -0.25) is 0 Å². The lowest BCUT2D eigenvalue weighted by atomic mass is 10.3. The summed E-state index contributed by atoms with van der Waals surface area (Å²) in [6.45, 7) is 5.97. The van der Waals surface area contributed by atoms with Crippen molar-refractivity contribution in [1.82, 2.24) is 9.97 Å². The van der Waals surface area contributed by atoms with Crippen molar-refractivity contribution in [2.45, 2.75) is 13.3 Å². The normalized spacial score (nSPS) is 9.67. The third-order valence-corrected chi connectivity index (χ3v) is 1.74. The van der Waals surface area contributed by atoms with Gasteiger partial charge in [0, 0.05) is 19.0 Å². The summed E-state index contributed by atoms with van der Waals surface area (Å²) in [6, 6.07) is 1.41. The third-order valence-electron chi connectivity index (χ3n) is 1.74. The summed E-state index contributed by atoms with van der Waals surface area (Å²) >= 11 is 0. The SMILES string of the molecule is C=CCNc1cc(C(=O)O)nc(CC)n1. The van der Waals surface area contributed by atoms with Crippen molar-refractivity contribution < 1.29 is 9.90 Å². The highest BCUT2D eigenvalue weighted by molar-refractivity contribution is 5.86. The highest BCUT2D eigenvalue weighted by Gasteiger charge is 2.08. The Balaban J connectivity index is 2.99. The van der Waals surface area contributed by atoms with Gasteiger partial charge in [0.1, 0.15) is 11.6 Å². The molecule has 0 aliphatic heterocycles. The van der Waals surface area contributed by atoms with E-state index in [1.165, 1.54) is 6.07 Å². The van der Waals surface area contributed by atoms with Gasteiger partial charge in [0.05, 0.1) is 0 Å². The van der Waals surface area contributed by atoms with Crippen molar-refractivity contribution in [2.75, 3.05) is 11.9 Å². The predicted molar refractivity (Wildman–Crippen MR) is 57.1 cm³/mol. The summed E-state index contributed by atoms with van der Waals surface area (Å²) in [4.78, 5) is 18.8. The molecule has 5 heteroatoms. The highest BCUT2D eigenvalue weighted by Crippen LogP contribution is 2.07. The number of nitrogens with one attached hydrogen (secondary N) is 1. The zero-order valence-corrected chi connectivity index (χ0v) is 8.53. The molecule has 5 nitrogen and oxygen atoms in total. The number of hydrogen-bond donors (Lipinski definition) is 2. The van der Waals surface area contributed by atoms with E-state index in [0.29, 0.717) is 24.6 Å². The average Bonchev–Trinajstić information content (AvgIpc) is 2.25. The number of anilines is 1. The van der Waals surface area contributed by atoms with Crippen LogP contribution < -0.4 is 5.32 Å². The molecule has 0 unspecified atom stereocenters. The van der Waals surface area contributed by atoms with Crippen LogP contribution in [0, 0.1) is 0 Å². The van der Waals surface area contributed by atoms with Gasteiger partial charge in [0.25, 0.3) is 0 Å². The van der Waals surface area contributed by atoms with E-state index >= 15 is 0 Å². The van der Waals surface area contributed by atoms with Gasteiger partial charge in [-0.25, -0.2) is 14.8 Å². The number of rotatable bonds is 5. The van der Waals surface area contributed by atoms with Crippen LogP contribution in [0.2, 0.25) is 0 Å². The van der Waals surface area contributed by atoms with Crippen molar-refractivity contribution >= 4 is 11.8 Å². The monoisotopic (exact) mass is 207 g/mol. The average molecular weight is 207 g/mol. The molecule has 0 aliphatic carbocycles. The topological polar surface area (TPSA) is 75.1 Å². The standard InChI is InChI=1S/C10H13N3O2/c1-3-5-11-9-6-7(10(14)15)12-8(4-2)13-9/h3,6H,1,4-5H2,2H3,(H,14,15)(H,11,12,13). The smallest absolute Gasteiger partial charge is 0.354 e. The molecule has 0 spiro atoms. The highest BCUT2D eigenvalue weighted by atomic mass is 16.4. The first-order valence-corrected chi connectivity index (χ1v) is 4.63. The van der Waals surface area contributed by atoms with Crippen LogP contribution in [0.15, 0.2) is 18.7 Å². The van der Waals surface area contributed by atoms with Gasteiger partial charge in [0.15, 0.2) is 5.69 Å². The molecule has 1 rings (SSSR count). The second kappa shape index (κ2) is 5.09. The van der Waals surface area contributed by atoms with E-state index in [4.69, 9.17) is 5.11 Å². The Morgan fingerprint density at radius 2 is 2.40 bits per heavy atom. The molecule has 0 radical (unpaired) electrons. The second-order valence-corrected chi connectivity index (χ2v) is 2.88. The number of aromatic carboxylic acids is 1. The minimum atomic E-state index is -1.05. The number of aryl methyl sites for hydroxylation is 1. The molecular formula is C10H13N3O2. The maximum atomic E-state index is 10.8. The Morgan fingerprint density at radius 1 is 1.67 bits per heavy atom. The summed E-state index contributed by atoms with van der Waals surface area (Å²) in [7, 11) is 0. The largest absolute Gasteiger partial charge is 0.477 e. The first-order chi connectivity index (χ1) is 7.17. The third kappa shape index (κ3) is 3.05. The zero-order valence-electron chi connectivity index (χ0n) is 8.53. The van der Waals surface area contributed by atoms with Crippen LogP contribution in [0.5, 0.6) is 0 Å². The number of carbonyl (C=O) groups is 1. The summed E-state index contributed by atoms with van der Waals surface area (Å²) in [5.41, 5.74) is 0.00779. The Bertz CT molecular complexity index is 377. The summed E-state index contributed by atoms with van der Waals surface area (Å²) in [5.74, 6) is -0.0191. The van der Waals surface area contributed by atoms with E-state index in [-0.39, 0.29) is 5.69 Å². The van der Waals surface area contributed by atoms with E-state index in [1.54, 1.807) is 6.08 Å². The van der Waals surface area contributed by atoms with Crippen molar-refractivity contribution in [2.24, 2.45) is 0 Å². The number of carboxylic acid groups (broad SMARTS) is 1. The first kappa shape index (κ1) is 11.2. The van der Waals surface area contributed by atoms with E-state index in [2.05, 4.69) is 21.9 Å². The Labute approximate surface area is 87.9 Å². The number of aromatic nitrogens is 2. The molecule has 0 fully saturated rings. The molecular weight excluding hydrogens is 194 g/mol. The number of nitrogens with zero attached hydrogens (tertiary/aromatic N) is 2. The molecule has 1 aromatic rings. The summed E-state index contributed by atoms with van der Waals surface area (Å²) in [6.07, 6.45) is 2.28. The molecule has 0 atom stereocenters. The maximum Gasteiger partial charge on any atom is 0.354 e. The first-order valence-electron chi connectivity index (χ1n) is 4.63. The Kier molecular flexibility index (Phi) is 3.79. The lowest BCUT2D eigenvalue weighted by molar-refractivity contribution is 0.0690. The van der Waals surface area contributed by atoms with Gasteiger partial charge in [-0.1, -0.05) is 13.0 Å². The lowest BCUT2D eigenvalue weighted by Gasteiger charge is -2.05. The fraction of sp³-hybridized carbons (Fsp3) is 0.300. The van der Waals surface area contributed by atoms with Gasteiger partial charge < -0.3 is 10.4 Å². The Morgan fingerprint density at radius 3 is 2.93 bits per heavy atom. The van der Waals surface area contributed by atoms with Crippen molar-refractivity contribution in [1.29, 1.82) is 0 Å². The minimum Gasteiger partial charge on any atom is -0.477 e. The Hall–Kier alpha value is -1.91. The molecule has 0 aliphatic rings. The van der Waals surface area contributed by atoms with Gasteiger partial charge >= 0.3 is 5.97 Å². The molecule has 0 aromatic carbocycles. The van der Waals surface area contributed by atoms with Crippen molar-refractivity contribution in [3.63, 3.8) is 0 Å². The van der Waals surface area contributed by atoms with Gasteiger partial charge in [-0.05, 0) is 0 Å². The number of carboxylic acids is 1. The molecule has 0 saturated carbocycles. The number of hydrogen-bond acceptors (Lipinski definition) is 4. The van der Waals surface area contributed by atoms with Crippen LogP contribution in [0.1, 0.15) is 23.2 Å². The molecule has 15 heavy (non-hydrogen) atoms. The van der Waals surface area contributed by atoms with E-state index in [0.717, 1.165) is 0 Å². The van der Waals surface area contributed by atoms with Crippen molar-refractivity contribution in [3.05, 3.63) is 30.2 Å². The minimum absolute atomic E-state index is 0.00779. The molecule has 0 saturated heterocycles. The fourth-order valence-electron chi connectivity index (χ4n) is 1.03. The van der Waals surface area contributed by atoms with Crippen LogP contribution >= 0.6 is 0 Å². The zero-order chi connectivity index (χ0) is 11.3. The van der Waals surface area contributed by atoms with Crippen LogP contribution in [-0.4, -0.2) is 27.6 Å². The van der Waals surface area contributed by atoms with Gasteiger partial charge in [-0.2, -0.15) is 0 Å². The van der Waals surface area contributed by atoms with E-state index in [1.807, 2.05) is 6.92 Å². The fourth-order valence-corrected chi connectivity index (χ4v) is 1.03. The van der Waals surface area contributed by atoms with Crippen LogP contribution in [0.3, 0.4) is 0 Å². The molecule has 80 valence electrons. The molecule has 2 N–H and O–H groups in total. The van der Waals surface area contributed by atoms with Gasteiger partial charge in [-0.15, -0.1) is 6.58 Å². The molecule has 1 aromatic heterocycles. The quantitative estimate of drug-likeness (QED) is 0.712. The molecule has 0 amide bonds. The predicted octanol–water partition coefficient (Wildman–Crippen LogP) is 1.34. The second-order valence-electron chi connectivity index (χ2n) is 2.88. The van der Waals surface area contributed by atoms with E-state index < -0.39 is 5.97 Å². The lowest BCUT2D eigenvalue weighted by Crippen LogP contribution is -2.09. The summed E-state index contributed by atoms with van der Waals surface area (Å²) < 4.78 is 0. The van der Waals surface area contributed by atoms with Crippen LogP contribution in [0.25, 0.3) is 0 Å². The van der Waals surface area contributed by atoms with Gasteiger partial charge in [0.2, 0.25) is 0 Å².